The van der Waals surface area contributed by atoms with Crippen LogP contribution in [0, 0.1) is 0 Å². The van der Waals surface area contributed by atoms with Crippen LogP contribution in [0.4, 0.5) is 4.79 Å². The van der Waals surface area contributed by atoms with Gasteiger partial charge in [0.15, 0.2) is 17.7 Å². The summed E-state index contributed by atoms with van der Waals surface area (Å²) < 4.78 is 17.2. The molecule has 0 radical (unpaired) electrons. The summed E-state index contributed by atoms with van der Waals surface area (Å²) in [5, 5.41) is 21.4. The Labute approximate surface area is 209 Å². The van der Waals surface area contributed by atoms with Gasteiger partial charge < -0.3 is 30.0 Å². The van der Waals surface area contributed by atoms with Gasteiger partial charge in [-0.25, -0.2) is 9.59 Å². The molecule has 0 aliphatic carbocycles. The first-order chi connectivity index (χ1) is 16.3. The van der Waals surface area contributed by atoms with Crippen LogP contribution < -0.4 is 25.5 Å². The Morgan fingerprint density at radius 1 is 1.35 bits per heavy atom. The number of carbonyl (C=O) groups is 2. The molecule has 12 heteroatoms. The van der Waals surface area contributed by atoms with Gasteiger partial charge in [-0.05, 0) is 58.9 Å². The van der Waals surface area contributed by atoms with Crippen molar-refractivity contribution in [2.45, 2.75) is 26.1 Å². The van der Waals surface area contributed by atoms with Crippen molar-refractivity contribution in [2.75, 3.05) is 20.3 Å². The highest BCUT2D eigenvalue weighted by Crippen LogP contribution is 2.34. The quantitative estimate of drug-likeness (QED) is 0.154. The number of allylic oxidation sites excluding steroid dienone is 1. The van der Waals surface area contributed by atoms with Gasteiger partial charge in [-0.15, -0.1) is 11.3 Å². The zero-order valence-electron chi connectivity index (χ0n) is 18.8. The number of halogens is 1. The third kappa shape index (κ3) is 6.27. The summed E-state index contributed by atoms with van der Waals surface area (Å²) in [5.74, 6) is 0.225. The molecule has 182 valence electrons. The Bertz CT molecular complexity index is 1100. The number of urea groups is 1. The molecule has 1 aromatic carbocycles. The van der Waals surface area contributed by atoms with E-state index in [0.717, 1.165) is 9.35 Å². The number of nitrogens with one attached hydrogen (secondary N) is 3. The lowest BCUT2D eigenvalue weighted by Gasteiger charge is -2.28. The molecule has 0 bridgehead atoms. The molecule has 0 fully saturated rings. The number of aliphatic hydroxyl groups is 1. The van der Waals surface area contributed by atoms with Gasteiger partial charge in [-0.3, -0.25) is 5.43 Å². The molecule has 2 heterocycles. The highest BCUT2D eigenvalue weighted by molar-refractivity contribution is 9.10. The summed E-state index contributed by atoms with van der Waals surface area (Å²) in [4.78, 5) is 25.3. The van der Waals surface area contributed by atoms with E-state index in [0.29, 0.717) is 29.4 Å². The second kappa shape index (κ2) is 11.9. The second-order valence-electron chi connectivity index (χ2n) is 7.05. The average Bonchev–Trinajstić information content (AvgIpc) is 3.22. The van der Waals surface area contributed by atoms with Crippen molar-refractivity contribution in [3.05, 3.63) is 55.8 Å². The topological polar surface area (TPSA) is 131 Å². The van der Waals surface area contributed by atoms with Crippen LogP contribution in [0.1, 0.15) is 30.3 Å². The number of hydrogen-bond acceptors (Lipinski definition) is 9. The molecule has 2 atom stereocenters. The largest absolute Gasteiger partial charge is 0.490 e. The van der Waals surface area contributed by atoms with E-state index in [9.17, 15) is 14.7 Å². The van der Waals surface area contributed by atoms with E-state index in [1.807, 2.05) is 18.4 Å². The predicted octanol–water partition coefficient (Wildman–Crippen LogP) is 3.03. The molecular formula is C22H25BrN4O6S. The number of aliphatic hydroxyl groups excluding tert-OH is 1. The van der Waals surface area contributed by atoms with E-state index in [-0.39, 0.29) is 12.2 Å². The van der Waals surface area contributed by atoms with E-state index in [4.69, 9.17) is 14.2 Å². The van der Waals surface area contributed by atoms with Crippen molar-refractivity contribution in [3.63, 3.8) is 0 Å². The van der Waals surface area contributed by atoms with Crippen LogP contribution >= 0.6 is 27.3 Å². The maximum atomic E-state index is 12.3. The first-order valence-electron chi connectivity index (χ1n) is 10.3. The van der Waals surface area contributed by atoms with Gasteiger partial charge in [0.1, 0.15) is 6.61 Å². The van der Waals surface area contributed by atoms with Crippen LogP contribution in [0.15, 0.2) is 50.5 Å². The Morgan fingerprint density at radius 3 is 2.82 bits per heavy atom. The van der Waals surface area contributed by atoms with Crippen LogP contribution in [0.25, 0.3) is 0 Å². The highest BCUT2D eigenvalue weighted by atomic mass is 79.9. The highest BCUT2D eigenvalue weighted by Gasteiger charge is 2.32. The molecule has 0 saturated carbocycles. The van der Waals surface area contributed by atoms with Gasteiger partial charge in [0, 0.05) is 10.2 Å². The number of amides is 2. The summed E-state index contributed by atoms with van der Waals surface area (Å²) in [7, 11) is 1.28. The van der Waals surface area contributed by atoms with Crippen molar-refractivity contribution in [3.8, 4) is 11.5 Å². The fourth-order valence-corrected chi connectivity index (χ4v) is 4.54. The van der Waals surface area contributed by atoms with Crippen LogP contribution in [-0.4, -0.2) is 49.9 Å². The Balaban J connectivity index is 1.73. The number of ether oxygens (including phenoxy) is 3. The number of rotatable bonds is 10. The number of thiophene rings is 1. The van der Waals surface area contributed by atoms with E-state index in [1.165, 1.54) is 18.4 Å². The van der Waals surface area contributed by atoms with Crippen LogP contribution in [0.5, 0.6) is 11.5 Å². The number of hydrazone groups is 1. The van der Waals surface area contributed by atoms with Crippen molar-refractivity contribution in [1.82, 2.24) is 16.1 Å². The Hall–Kier alpha value is -3.09. The molecule has 4 N–H and O–H groups in total. The average molecular weight is 553 g/mol. The summed E-state index contributed by atoms with van der Waals surface area (Å²) in [6.45, 7) is 3.71. The number of benzene rings is 1. The molecule has 3 rings (SSSR count). The number of esters is 1. The van der Waals surface area contributed by atoms with Crippen molar-refractivity contribution in [2.24, 2.45) is 5.10 Å². The van der Waals surface area contributed by atoms with Crippen molar-refractivity contribution < 1.29 is 28.9 Å². The van der Waals surface area contributed by atoms with Gasteiger partial charge in [0.05, 0.1) is 36.4 Å². The molecule has 34 heavy (non-hydrogen) atoms. The smallest absolute Gasteiger partial charge is 0.337 e. The predicted molar refractivity (Wildman–Crippen MR) is 131 cm³/mol. The molecule has 1 aromatic heterocycles. The van der Waals surface area contributed by atoms with Crippen molar-refractivity contribution in [1.29, 1.82) is 0 Å². The van der Waals surface area contributed by atoms with Gasteiger partial charge in [-0.2, -0.15) is 5.10 Å². The molecule has 0 unspecified atom stereocenters. The normalized spacial score (nSPS) is 16.6. The van der Waals surface area contributed by atoms with Gasteiger partial charge in [0.2, 0.25) is 0 Å². The lowest BCUT2D eigenvalue weighted by Crippen LogP contribution is -2.45. The number of methoxy groups -OCH3 is 1. The summed E-state index contributed by atoms with van der Waals surface area (Å²) >= 11 is 4.92. The fourth-order valence-electron chi connectivity index (χ4n) is 3.20. The number of carbonyl (C=O) groups excluding carboxylic acids is 2. The monoisotopic (exact) mass is 552 g/mol. The van der Waals surface area contributed by atoms with Gasteiger partial charge in [0.25, 0.3) is 0 Å². The third-order valence-corrected chi connectivity index (χ3v) is 6.53. The first kappa shape index (κ1) is 25.5. The summed E-state index contributed by atoms with van der Waals surface area (Å²) in [6, 6.07) is 5.78. The lowest BCUT2D eigenvalue weighted by molar-refractivity contribution is -0.136. The minimum atomic E-state index is -1.07. The standard InChI is InChI=1S/C22H25BrN4O6S/c1-4-32-16-9-13(20-19(21(29)31-3)12(2)25-22(30)26-20)5-6-15(16)33-11-18(28)27-24-10-17-14(23)7-8-34-17/h5-10,18,20,27-28H,4,11H2,1-3H3,(H2,25,26,30)/b24-10-/t18-,20-/m1/s1. The molecule has 0 spiro atoms. The van der Waals surface area contributed by atoms with E-state index in [2.05, 4.69) is 37.1 Å². The van der Waals surface area contributed by atoms with Crippen LogP contribution in [-0.2, 0) is 9.53 Å². The SMILES string of the molecule is CCOc1cc([C@H]2NC(=O)NC(C)=C2C(=O)OC)ccc1OC[C@@H](O)N/N=C\c1sccc1Br. The van der Waals surface area contributed by atoms with E-state index < -0.39 is 24.3 Å². The van der Waals surface area contributed by atoms with Crippen LogP contribution in [0.3, 0.4) is 0 Å². The number of hydrogen-bond donors (Lipinski definition) is 4. The maximum absolute atomic E-state index is 12.3. The fraction of sp³-hybridized carbons (Fsp3) is 0.318. The third-order valence-electron chi connectivity index (χ3n) is 4.72. The summed E-state index contributed by atoms with van der Waals surface area (Å²) in [6.07, 6.45) is 0.532. The zero-order chi connectivity index (χ0) is 24.7. The second-order valence-corrected chi connectivity index (χ2v) is 8.85. The van der Waals surface area contributed by atoms with Gasteiger partial charge in [-0.1, -0.05) is 6.07 Å². The van der Waals surface area contributed by atoms with Gasteiger partial charge >= 0.3 is 12.0 Å². The van der Waals surface area contributed by atoms with E-state index in [1.54, 1.807) is 31.3 Å². The summed E-state index contributed by atoms with van der Waals surface area (Å²) in [5.41, 5.74) is 3.90. The Kier molecular flexibility index (Phi) is 8.91. The number of nitrogens with zero attached hydrogens (tertiary/aromatic N) is 1. The molecule has 0 saturated heterocycles. The maximum Gasteiger partial charge on any atom is 0.337 e. The molecule has 10 nitrogen and oxygen atoms in total. The van der Waals surface area contributed by atoms with Crippen LogP contribution in [0.2, 0.25) is 0 Å². The molecule has 2 aromatic rings. The molecule has 1 aliphatic heterocycles. The minimum Gasteiger partial charge on any atom is -0.490 e. The van der Waals surface area contributed by atoms with E-state index >= 15 is 0 Å². The molecular weight excluding hydrogens is 528 g/mol. The Morgan fingerprint density at radius 2 is 2.15 bits per heavy atom. The van der Waals surface area contributed by atoms with Crippen molar-refractivity contribution >= 4 is 45.5 Å². The molecule has 1 aliphatic rings. The minimum absolute atomic E-state index is 0.0983. The lowest BCUT2D eigenvalue weighted by atomic mass is 9.95. The molecule has 2 amide bonds. The zero-order valence-corrected chi connectivity index (χ0v) is 21.2. The first-order valence-corrected chi connectivity index (χ1v) is 12.0.